The fraction of sp³-hybridized carbons (Fsp3) is 0.237. The third-order valence-corrected chi connectivity index (χ3v) is 28.7. The smallest absolute Gasteiger partial charge is 0.281 e. The van der Waals surface area contributed by atoms with E-state index in [1.807, 2.05) is 41.0 Å². The first kappa shape index (κ1) is 85.6. The SMILES string of the molecule is CC1=CSC(=Cc2scc(C)[n+]2C)N1C.CCN1C(=CC=c2sc(=Cc3sc4ccccc4[n+]3CC)n(CC)c2=O)C=Cc2ccccc21.CCN1C(=Cc2sc3ccccc3[n+]2CC)Oc2ccccc21.CN(C)c1ccc(C=Cc2n(C)c3ccccc3[n+]2C)cc1.CN1C(=Cc2sc3ccccc3[n+]2C)C(C)(C)c2ccccc21.[I-]. The lowest BCUT2D eigenvalue weighted by Crippen LogP contribution is -3.00. The number of aryl methyl sites for hydroxylation is 6. The molecule has 0 atom stereocenters. The minimum absolute atomic E-state index is 0. The maximum Gasteiger partial charge on any atom is 0.281 e. The van der Waals surface area contributed by atoms with E-state index in [2.05, 4.69) is 411 Å². The first-order chi connectivity index (χ1) is 56.6. The van der Waals surface area contributed by atoms with Crippen molar-refractivity contribution < 1.29 is 51.5 Å². The summed E-state index contributed by atoms with van der Waals surface area (Å²) in [6, 6.07) is 68.0. The van der Waals surface area contributed by atoms with Crippen molar-refractivity contribution in [2.45, 2.75) is 87.4 Å². The average Bonchev–Trinajstić information content (AvgIpc) is 1.59. The van der Waals surface area contributed by atoms with Crippen molar-refractivity contribution in [3.8, 4) is 5.75 Å². The van der Waals surface area contributed by atoms with Crippen LogP contribution >= 0.6 is 68.4 Å². The van der Waals surface area contributed by atoms with Crippen LogP contribution in [0.15, 0.2) is 250 Å². The van der Waals surface area contributed by atoms with Gasteiger partial charge in [0.1, 0.15) is 45.9 Å². The van der Waals surface area contributed by atoms with Crippen LogP contribution in [0.25, 0.3) is 90.3 Å². The minimum Gasteiger partial charge on any atom is -1.00 e. The summed E-state index contributed by atoms with van der Waals surface area (Å²) >= 11 is 10.6. The van der Waals surface area contributed by atoms with Crippen LogP contribution in [0.3, 0.4) is 0 Å². The number of benzene rings is 8. The summed E-state index contributed by atoms with van der Waals surface area (Å²) in [5.74, 6) is 3.02. The van der Waals surface area contributed by atoms with Crippen LogP contribution in [0, 0.1) is 6.92 Å². The molecule has 604 valence electrons. The summed E-state index contributed by atoms with van der Waals surface area (Å²) in [7, 11) is 16.9. The van der Waals surface area contributed by atoms with E-state index in [-0.39, 0.29) is 35.0 Å². The number of aromatic nitrogens is 7. The van der Waals surface area contributed by atoms with Gasteiger partial charge in [-0.05, 0) is 155 Å². The second-order valence-electron chi connectivity index (χ2n) is 29.7. The first-order valence-corrected chi connectivity index (χ1v) is 45.0. The minimum atomic E-state index is 0. The highest BCUT2D eigenvalue weighted by Gasteiger charge is 2.39. The van der Waals surface area contributed by atoms with E-state index in [9.17, 15) is 4.79 Å². The molecular weight excluding hydrogens is 1680 g/mol. The van der Waals surface area contributed by atoms with Crippen LogP contribution in [-0.2, 0) is 53.2 Å². The third-order valence-electron chi connectivity index (χ3n) is 22.1. The average molecular weight is 1790 g/mol. The molecule has 0 bridgehead atoms. The van der Waals surface area contributed by atoms with Crippen molar-refractivity contribution in [1.29, 1.82) is 0 Å². The molecule has 0 aliphatic carbocycles. The number of halogens is 1. The van der Waals surface area contributed by atoms with E-state index in [0.717, 1.165) is 58.4 Å². The second kappa shape index (κ2) is 37.8. The normalized spacial score (nSPS) is 15.5. The van der Waals surface area contributed by atoms with E-state index in [1.165, 1.54) is 123 Å². The number of rotatable bonds is 13. The first-order valence-electron chi connectivity index (χ1n) is 39.9. The fourth-order valence-corrected chi connectivity index (χ4v) is 21.8. The van der Waals surface area contributed by atoms with E-state index in [4.69, 9.17) is 4.74 Å². The number of anilines is 4. The summed E-state index contributed by atoms with van der Waals surface area (Å²) in [5.41, 5.74) is 20.1. The summed E-state index contributed by atoms with van der Waals surface area (Å²) in [6.45, 7) is 23.8. The van der Waals surface area contributed by atoms with Crippen LogP contribution in [0.4, 0.5) is 22.7 Å². The summed E-state index contributed by atoms with van der Waals surface area (Å²) in [5, 5.41) is 10.6. The number of imidazole rings is 1. The standard InChI is InChI=1S/C28H28N3OS2.C20H21N2S.C19H22N3.C19H19N2OS.C11H15N2S2.HI/c1-4-29-21(16-15-20-11-7-8-12-22(20)29)17-18-25-28(32)31(6-3)27(34-25)19-26-30(5-2)23-13-9-10-14-24(23)33-26;1-20(2)14-9-5-6-10-15(14)21(3)18(20)13-19-22(4)16-11-7-8-12-17(16)23-19;1-20(2)16-12-9-15(10-13-16)11-14-19-21(3)17-7-5-6-8-18(17)22(19)4;1-3-20-14-9-5-7-11-16(14)22-18(20)13-19-21(4-2)15-10-6-8-12-17(15)23-19;1-8-6-14-10(12(8)3)5-11-13(4)9(2)7-15-11;/h7-19H,4-6H2,1-3H3;5-13H,1-4H3;5-14H,1-4H3;5-13H,3-4H2,1-2H3;5-7H,1-4H3;1H/q5*+1;/p-1. The highest BCUT2D eigenvalue weighted by Crippen LogP contribution is 2.48. The topological polar surface area (TPSA) is 71.8 Å². The largest absolute Gasteiger partial charge is 1.00 e. The molecule has 0 saturated heterocycles. The molecule has 21 heteroatoms. The zero-order valence-electron chi connectivity index (χ0n) is 70.4. The van der Waals surface area contributed by atoms with Crippen molar-refractivity contribution in [3.05, 3.63) is 313 Å². The Kier molecular flexibility index (Phi) is 27.4. The van der Waals surface area contributed by atoms with Gasteiger partial charge in [0.15, 0.2) is 22.5 Å². The van der Waals surface area contributed by atoms with Gasteiger partial charge >= 0.3 is 0 Å². The lowest BCUT2D eigenvalue weighted by Gasteiger charge is -2.29. The van der Waals surface area contributed by atoms with Crippen molar-refractivity contribution in [3.63, 3.8) is 0 Å². The molecule has 0 unspecified atom stereocenters. The molecule has 0 amide bonds. The quantitative estimate of drug-likeness (QED) is 0.0835. The van der Waals surface area contributed by atoms with Gasteiger partial charge in [0, 0.05) is 125 Å². The molecule has 0 saturated carbocycles. The number of nitrogens with zero attached hydrogens (tertiary/aromatic N) is 12. The van der Waals surface area contributed by atoms with Gasteiger partial charge in [0.2, 0.25) is 22.4 Å². The molecule has 8 aromatic carbocycles. The number of ether oxygens (including phenoxy) is 1. The lowest BCUT2D eigenvalue weighted by molar-refractivity contribution is -0.674. The number of hydrogen-bond donors (Lipinski definition) is 0. The Hall–Kier alpha value is -10.2. The van der Waals surface area contributed by atoms with Crippen molar-refractivity contribution in [2.75, 3.05) is 60.9 Å². The Bertz CT molecular complexity index is 6410. The number of para-hydroxylation sites is 9. The number of thioether (sulfide) groups is 1. The molecule has 4 aliphatic rings. The summed E-state index contributed by atoms with van der Waals surface area (Å²) in [6.07, 6.45) is 21.6. The summed E-state index contributed by atoms with van der Waals surface area (Å²) in [4.78, 5) is 24.4. The predicted octanol–water partition coefficient (Wildman–Crippen LogP) is 16.4. The molecule has 0 N–H and O–H groups in total. The number of allylic oxidation sites excluding steroid dienone is 4. The fourth-order valence-electron chi connectivity index (χ4n) is 15.3. The zero-order chi connectivity index (χ0) is 82.3. The molecule has 14 nitrogen and oxygen atoms in total. The number of fused-ring (bicyclic) bond motifs is 7. The second-order valence-corrected chi connectivity index (χ2v) is 35.7. The van der Waals surface area contributed by atoms with Gasteiger partial charge in [0.25, 0.3) is 31.4 Å². The van der Waals surface area contributed by atoms with Crippen molar-refractivity contribution >= 4 is 181 Å². The molecular formula is C97H105IN12O2S6+4. The Labute approximate surface area is 735 Å². The van der Waals surface area contributed by atoms with Gasteiger partial charge < -0.3 is 53.2 Å². The molecule has 4 aliphatic heterocycles. The van der Waals surface area contributed by atoms with Crippen LogP contribution in [0.2, 0.25) is 0 Å². The van der Waals surface area contributed by atoms with Crippen LogP contribution in [0.5, 0.6) is 5.75 Å². The Balaban J connectivity index is 0.000000130. The Morgan fingerprint density at radius 3 is 1.69 bits per heavy atom. The maximum absolute atomic E-state index is 13.2. The molecule has 6 aromatic heterocycles. The molecule has 14 aromatic rings. The van der Waals surface area contributed by atoms with E-state index < -0.39 is 0 Å². The van der Waals surface area contributed by atoms with Gasteiger partial charge in [0.05, 0.1) is 53.0 Å². The van der Waals surface area contributed by atoms with Gasteiger partial charge in [-0.2, -0.15) is 18.3 Å². The zero-order valence-corrected chi connectivity index (χ0v) is 77.5. The number of likely N-dealkylation sites (N-methyl/N-ethyl adjacent to an activating group) is 2. The molecule has 18 rings (SSSR count). The molecule has 10 heterocycles. The number of thiazole rings is 5. The van der Waals surface area contributed by atoms with Crippen LogP contribution < -0.4 is 85.9 Å². The summed E-state index contributed by atoms with van der Waals surface area (Å²) < 4.78 is 27.2. The van der Waals surface area contributed by atoms with Gasteiger partial charge in [-0.15, -0.1) is 11.3 Å². The third kappa shape index (κ3) is 17.7. The highest BCUT2D eigenvalue weighted by atomic mass is 127. The number of hydrogen-bond acceptors (Lipinski definition) is 13. The molecule has 0 fully saturated rings. The molecule has 0 spiro atoms. The van der Waals surface area contributed by atoms with E-state index in [1.54, 1.807) is 57.1 Å². The van der Waals surface area contributed by atoms with Crippen molar-refractivity contribution in [2.24, 2.45) is 28.2 Å². The van der Waals surface area contributed by atoms with Gasteiger partial charge in [-0.3, -0.25) is 9.36 Å². The predicted molar refractivity (Wildman–Crippen MR) is 502 cm³/mol. The maximum atomic E-state index is 13.2. The molecule has 0 radical (unpaired) electrons. The van der Waals surface area contributed by atoms with Crippen LogP contribution in [-0.4, -0.2) is 55.3 Å². The highest BCUT2D eigenvalue weighted by molar-refractivity contribution is 8.06. The Morgan fingerprint density at radius 2 is 1.10 bits per heavy atom. The Morgan fingerprint density at radius 1 is 0.525 bits per heavy atom. The van der Waals surface area contributed by atoms with Crippen molar-refractivity contribution in [1.82, 2.24) is 14.0 Å². The van der Waals surface area contributed by atoms with Gasteiger partial charge in [-0.25, -0.2) is 9.13 Å². The van der Waals surface area contributed by atoms with Crippen LogP contribution in [0.1, 0.15) is 104 Å². The van der Waals surface area contributed by atoms with E-state index in [0.29, 0.717) is 6.54 Å². The molecule has 118 heavy (non-hydrogen) atoms. The lowest BCUT2D eigenvalue weighted by atomic mass is 9.84. The van der Waals surface area contributed by atoms with E-state index >= 15 is 0 Å². The monoisotopic (exact) mass is 1790 g/mol. The van der Waals surface area contributed by atoms with Gasteiger partial charge in [-0.1, -0.05) is 186 Å².